The maximum atomic E-state index is 13.3. The average molecular weight is 385 g/mol. The van der Waals surface area contributed by atoms with Gasteiger partial charge in [-0.15, -0.1) is 0 Å². The van der Waals surface area contributed by atoms with E-state index in [1.165, 1.54) is 21.5 Å². The number of hydrogen-bond donors (Lipinski definition) is 0. The molecule has 0 bridgehead atoms. The second-order valence-electron chi connectivity index (χ2n) is 7.80. The van der Waals surface area contributed by atoms with Crippen LogP contribution in [0.1, 0.15) is 5.56 Å². The van der Waals surface area contributed by atoms with Crippen LogP contribution in [0.3, 0.4) is 0 Å². The summed E-state index contributed by atoms with van der Waals surface area (Å²) in [5.74, 6) is 0. The van der Waals surface area contributed by atoms with Gasteiger partial charge in [0, 0.05) is 10.8 Å². The van der Waals surface area contributed by atoms with E-state index in [9.17, 15) is 4.79 Å². The van der Waals surface area contributed by atoms with Crippen LogP contribution < -0.4 is 5.56 Å². The highest BCUT2D eigenvalue weighted by Crippen LogP contribution is 2.27. The van der Waals surface area contributed by atoms with Crippen LogP contribution in [-0.2, 0) is 6.54 Å². The molecule has 6 aromatic rings. The van der Waals surface area contributed by atoms with E-state index in [1.54, 1.807) is 0 Å². The third-order valence-electron chi connectivity index (χ3n) is 6.04. The molecule has 0 aliphatic carbocycles. The molecule has 0 amide bonds. The molecule has 5 aromatic carbocycles. The van der Waals surface area contributed by atoms with Crippen LogP contribution in [0.25, 0.3) is 43.2 Å². The van der Waals surface area contributed by atoms with Crippen molar-refractivity contribution >= 4 is 43.2 Å². The van der Waals surface area contributed by atoms with Crippen molar-refractivity contribution in [3.63, 3.8) is 0 Å². The van der Waals surface area contributed by atoms with Gasteiger partial charge in [0.2, 0.25) is 0 Å². The fraction of sp³-hybridized carbons (Fsp3) is 0.0357. The van der Waals surface area contributed by atoms with E-state index in [0.717, 1.165) is 27.2 Å². The van der Waals surface area contributed by atoms with Gasteiger partial charge in [-0.3, -0.25) is 4.79 Å². The first kappa shape index (κ1) is 17.0. The monoisotopic (exact) mass is 385 g/mol. The molecule has 0 fully saturated rings. The summed E-state index contributed by atoms with van der Waals surface area (Å²) in [6, 6.07) is 35.4. The number of hydrogen-bond acceptors (Lipinski definition) is 1. The van der Waals surface area contributed by atoms with Gasteiger partial charge < -0.3 is 4.57 Å². The fourth-order valence-corrected chi connectivity index (χ4v) is 4.60. The Kier molecular flexibility index (Phi) is 3.72. The van der Waals surface area contributed by atoms with Gasteiger partial charge in [0.25, 0.3) is 5.56 Å². The molecule has 0 radical (unpaired) electrons. The SMILES string of the molecule is O=c1c2ccccc2c2ccccc2n1Cc1ccc2c(ccc3ccccc32)c1. The van der Waals surface area contributed by atoms with Crippen molar-refractivity contribution in [2.75, 3.05) is 0 Å². The normalized spacial score (nSPS) is 11.6. The summed E-state index contributed by atoms with van der Waals surface area (Å²) < 4.78 is 1.90. The van der Waals surface area contributed by atoms with Gasteiger partial charge in [-0.1, -0.05) is 84.9 Å². The first-order chi connectivity index (χ1) is 14.8. The van der Waals surface area contributed by atoms with Crippen LogP contribution in [0.2, 0.25) is 0 Å². The molecule has 142 valence electrons. The molecule has 0 aliphatic rings. The Labute approximate surface area is 173 Å². The molecule has 0 spiro atoms. The Bertz CT molecular complexity index is 1640. The zero-order valence-electron chi connectivity index (χ0n) is 16.4. The van der Waals surface area contributed by atoms with E-state index in [2.05, 4.69) is 60.7 Å². The molecule has 30 heavy (non-hydrogen) atoms. The van der Waals surface area contributed by atoms with Crippen molar-refractivity contribution in [2.24, 2.45) is 0 Å². The van der Waals surface area contributed by atoms with Crippen LogP contribution in [0.5, 0.6) is 0 Å². The lowest BCUT2D eigenvalue weighted by Crippen LogP contribution is -2.21. The first-order valence-electron chi connectivity index (χ1n) is 10.2. The minimum Gasteiger partial charge on any atom is -0.303 e. The van der Waals surface area contributed by atoms with Crippen molar-refractivity contribution in [2.45, 2.75) is 6.54 Å². The molecular formula is C28H19NO. The van der Waals surface area contributed by atoms with Gasteiger partial charge in [0.05, 0.1) is 12.1 Å². The maximum Gasteiger partial charge on any atom is 0.259 e. The predicted octanol–water partition coefficient (Wildman–Crippen LogP) is 6.51. The molecule has 0 aliphatic heterocycles. The summed E-state index contributed by atoms with van der Waals surface area (Å²) in [6.45, 7) is 0.549. The second kappa shape index (κ2) is 6.57. The number of pyridine rings is 1. The molecule has 0 saturated heterocycles. The number of aromatic nitrogens is 1. The van der Waals surface area contributed by atoms with Crippen molar-refractivity contribution < 1.29 is 0 Å². The molecule has 0 atom stereocenters. The quantitative estimate of drug-likeness (QED) is 0.311. The summed E-state index contributed by atoms with van der Waals surface area (Å²) in [4.78, 5) is 13.3. The van der Waals surface area contributed by atoms with E-state index in [4.69, 9.17) is 0 Å². The van der Waals surface area contributed by atoms with Gasteiger partial charge in [-0.05, 0) is 50.7 Å². The summed E-state index contributed by atoms with van der Waals surface area (Å²) in [6.07, 6.45) is 0. The zero-order valence-corrected chi connectivity index (χ0v) is 16.4. The minimum atomic E-state index is 0.0582. The van der Waals surface area contributed by atoms with E-state index in [0.29, 0.717) is 6.54 Å². The summed E-state index contributed by atoms with van der Waals surface area (Å²) >= 11 is 0. The molecular weight excluding hydrogens is 366 g/mol. The maximum absolute atomic E-state index is 13.3. The summed E-state index contributed by atoms with van der Waals surface area (Å²) in [5, 5.41) is 7.84. The number of rotatable bonds is 2. The summed E-state index contributed by atoms with van der Waals surface area (Å²) in [7, 11) is 0. The number of benzene rings is 5. The Morgan fingerprint density at radius 3 is 2.03 bits per heavy atom. The molecule has 2 nitrogen and oxygen atoms in total. The minimum absolute atomic E-state index is 0.0582. The highest BCUT2D eigenvalue weighted by Gasteiger charge is 2.11. The van der Waals surface area contributed by atoms with Crippen molar-refractivity contribution in [3.8, 4) is 0 Å². The molecule has 0 saturated carbocycles. The number of fused-ring (bicyclic) bond motifs is 6. The van der Waals surface area contributed by atoms with Gasteiger partial charge >= 0.3 is 0 Å². The second-order valence-corrected chi connectivity index (χ2v) is 7.80. The highest BCUT2D eigenvalue weighted by atomic mass is 16.1. The molecule has 0 unspecified atom stereocenters. The van der Waals surface area contributed by atoms with Gasteiger partial charge in [0.15, 0.2) is 0 Å². The van der Waals surface area contributed by atoms with Crippen molar-refractivity contribution in [1.82, 2.24) is 4.57 Å². The Morgan fingerprint density at radius 1 is 0.533 bits per heavy atom. The van der Waals surface area contributed by atoms with Gasteiger partial charge in [-0.25, -0.2) is 0 Å². The number of para-hydroxylation sites is 1. The average Bonchev–Trinajstić information content (AvgIpc) is 2.81. The molecule has 2 heteroatoms. The Balaban J connectivity index is 1.56. The largest absolute Gasteiger partial charge is 0.303 e. The molecule has 6 rings (SSSR count). The van der Waals surface area contributed by atoms with Crippen LogP contribution in [0, 0.1) is 0 Å². The third kappa shape index (κ3) is 2.54. The Morgan fingerprint density at radius 2 is 1.17 bits per heavy atom. The smallest absolute Gasteiger partial charge is 0.259 e. The number of nitrogens with zero attached hydrogens (tertiary/aromatic N) is 1. The lowest BCUT2D eigenvalue weighted by molar-refractivity contribution is 0.804. The molecule has 0 N–H and O–H groups in total. The van der Waals surface area contributed by atoms with E-state index >= 15 is 0 Å². The first-order valence-corrected chi connectivity index (χ1v) is 10.2. The summed E-state index contributed by atoms with van der Waals surface area (Å²) in [5.41, 5.74) is 2.16. The topological polar surface area (TPSA) is 22.0 Å². The zero-order chi connectivity index (χ0) is 20.1. The van der Waals surface area contributed by atoms with Crippen molar-refractivity contribution in [3.05, 3.63) is 119 Å². The van der Waals surface area contributed by atoms with E-state index < -0.39 is 0 Å². The van der Waals surface area contributed by atoms with Crippen LogP contribution in [0.4, 0.5) is 0 Å². The lowest BCUT2D eigenvalue weighted by Gasteiger charge is -2.14. The standard InChI is InChI=1S/C28H19NO/c30-28-26-11-4-3-9-24(26)25-10-5-6-12-27(25)29(28)18-19-13-16-23-21(17-19)15-14-20-7-1-2-8-22(20)23/h1-17H,18H2. The van der Waals surface area contributed by atoms with E-state index in [-0.39, 0.29) is 5.56 Å². The van der Waals surface area contributed by atoms with Gasteiger partial charge in [0.1, 0.15) is 0 Å². The van der Waals surface area contributed by atoms with Crippen LogP contribution in [0.15, 0.2) is 108 Å². The highest BCUT2D eigenvalue weighted by molar-refractivity contribution is 6.08. The van der Waals surface area contributed by atoms with Crippen LogP contribution in [-0.4, -0.2) is 4.57 Å². The molecule has 1 heterocycles. The van der Waals surface area contributed by atoms with Gasteiger partial charge in [-0.2, -0.15) is 0 Å². The fourth-order valence-electron chi connectivity index (χ4n) is 4.60. The van der Waals surface area contributed by atoms with Crippen molar-refractivity contribution in [1.29, 1.82) is 0 Å². The predicted molar refractivity (Wildman–Crippen MR) is 126 cm³/mol. The van der Waals surface area contributed by atoms with Crippen LogP contribution >= 0.6 is 0 Å². The third-order valence-corrected chi connectivity index (χ3v) is 6.04. The lowest BCUT2D eigenvalue weighted by atomic mass is 10.00. The molecule has 1 aromatic heterocycles. The Hall–Kier alpha value is -3.91. The van der Waals surface area contributed by atoms with E-state index in [1.807, 2.05) is 47.0 Å².